The molecule has 0 aromatic rings. The van der Waals surface area contributed by atoms with Gasteiger partial charge in [0.25, 0.3) is 0 Å². The van der Waals surface area contributed by atoms with Crippen LogP contribution in [0.25, 0.3) is 0 Å². The van der Waals surface area contributed by atoms with Gasteiger partial charge in [-0.2, -0.15) is 0 Å². The van der Waals surface area contributed by atoms with E-state index in [-0.39, 0.29) is 5.91 Å². The lowest BCUT2D eigenvalue weighted by atomic mass is 10.1. The molecule has 11 heavy (non-hydrogen) atoms. The van der Waals surface area contributed by atoms with Crippen LogP contribution < -0.4 is 10.7 Å². The molecule has 0 unspecified atom stereocenters. The molecule has 3 heteroatoms. The van der Waals surface area contributed by atoms with Crippen LogP contribution in [0.2, 0.25) is 0 Å². The van der Waals surface area contributed by atoms with Gasteiger partial charge >= 0.3 is 0 Å². The maximum atomic E-state index is 10.4. The molecular weight excluding hydrogens is 140 g/mol. The van der Waals surface area contributed by atoms with E-state index >= 15 is 0 Å². The minimum Gasteiger partial charge on any atom is -0.370 e. The Balaban J connectivity index is 2.38. The van der Waals surface area contributed by atoms with Gasteiger partial charge < -0.3 is 5.73 Å². The quantitative estimate of drug-likeness (QED) is 0.610. The van der Waals surface area contributed by atoms with Crippen LogP contribution in [0.4, 0.5) is 0 Å². The van der Waals surface area contributed by atoms with E-state index in [4.69, 9.17) is 5.73 Å². The first-order valence-corrected chi connectivity index (χ1v) is 3.46. The van der Waals surface area contributed by atoms with E-state index in [2.05, 4.69) is 4.99 Å². The number of hydrogen-bond acceptors (Lipinski definition) is 2. The largest absolute Gasteiger partial charge is 0.370 e. The van der Waals surface area contributed by atoms with Crippen LogP contribution in [0.3, 0.4) is 0 Å². The highest BCUT2D eigenvalue weighted by Crippen LogP contribution is 2.06. The lowest BCUT2D eigenvalue weighted by Gasteiger charge is -1.95. The number of hydrogen-bond donors (Lipinski definition) is 1. The molecule has 0 saturated heterocycles. The van der Waals surface area contributed by atoms with E-state index < -0.39 is 0 Å². The lowest BCUT2D eigenvalue weighted by Crippen LogP contribution is -2.10. The predicted molar refractivity (Wildman–Crippen MR) is 43.8 cm³/mol. The average molecular weight is 150 g/mol. The number of allylic oxidation sites excluding steroid dienone is 3. The van der Waals surface area contributed by atoms with Gasteiger partial charge in [-0.25, -0.2) is 0 Å². The minimum absolute atomic E-state index is 0.262. The molecule has 0 bridgehead atoms. The van der Waals surface area contributed by atoms with Crippen molar-refractivity contribution in [2.75, 3.05) is 0 Å². The maximum absolute atomic E-state index is 10.4. The Morgan fingerprint density at radius 3 is 3.00 bits per heavy atom. The fourth-order valence-electron chi connectivity index (χ4n) is 0.817. The van der Waals surface area contributed by atoms with Crippen molar-refractivity contribution in [2.45, 2.75) is 12.8 Å². The Hall–Kier alpha value is -1.38. The summed E-state index contributed by atoms with van der Waals surface area (Å²) in [6.07, 6.45) is 8.28. The molecule has 1 amide bonds. The fourth-order valence-corrected chi connectivity index (χ4v) is 0.817. The van der Waals surface area contributed by atoms with Crippen LogP contribution in [-0.2, 0) is 4.79 Å². The first-order valence-electron chi connectivity index (χ1n) is 3.46. The molecule has 0 aromatic heterocycles. The van der Waals surface area contributed by atoms with Gasteiger partial charge in [-0.1, -0.05) is 0 Å². The second-order valence-corrected chi connectivity index (χ2v) is 2.32. The van der Waals surface area contributed by atoms with Crippen molar-refractivity contribution in [3.8, 4) is 0 Å². The summed E-state index contributed by atoms with van der Waals surface area (Å²) in [5, 5.41) is 0. The highest BCUT2D eigenvalue weighted by Gasteiger charge is 2.01. The van der Waals surface area contributed by atoms with E-state index in [0.717, 1.165) is 5.57 Å². The van der Waals surface area contributed by atoms with Gasteiger partial charge in [0, 0.05) is 18.6 Å². The number of carbonyl (C=O) groups is 1. The standard InChI is InChI=1S/C8H10N2O/c9-8(11)2-1-7-3-5-10-6-4-7/h3-6H,1-2H2,(H2,9,11)/q+1. The fraction of sp³-hybridized carbons (Fsp3) is 0.250. The Morgan fingerprint density at radius 2 is 2.45 bits per heavy atom. The summed E-state index contributed by atoms with van der Waals surface area (Å²) in [6.45, 7) is 0. The van der Waals surface area contributed by atoms with E-state index in [1.807, 2.05) is 12.2 Å². The normalized spacial score (nSPS) is 14.7. The molecule has 0 saturated carbocycles. The first kappa shape index (κ1) is 7.72. The SMILES string of the molecule is NC(=O)CCC1=CC=[N+]C=C1. The van der Waals surface area contributed by atoms with E-state index in [1.165, 1.54) is 0 Å². The van der Waals surface area contributed by atoms with Crippen LogP contribution in [0.5, 0.6) is 0 Å². The zero-order chi connectivity index (χ0) is 8.10. The molecule has 2 N–H and O–H groups in total. The summed E-state index contributed by atoms with van der Waals surface area (Å²) >= 11 is 0. The third-order valence-electron chi connectivity index (χ3n) is 1.41. The summed E-state index contributed by atoms with van der Waals surface area (Å²) < 4.78 is 0. The van der Waals surface area contributed by atoms with E-state index in [1.54, 1.807) is 12.4 Å². The highest BCUT2D eigenvalue weighted by molar-refractivity contribution is 5.76. The molecule has 1 aliphatic heterocycles. The summed E-state index contributed by atoms with van der Waals surface area (Å²) in [7, 11) is 0. The topological polar surface area (TPSA) is 57.2 Å². The lowest BCUT2D eigenvalue weighted by molar-refractivity contribution is -0.117. The number of nitrogens with two attached hydrogens (primary N) is 1. The van der Waals surface area contributed by atoms with Crippen LogP contribution in [-0.4, -0.2) is 12.1 Å². The van der Waals surface area contributed by atoms with Crippen molar-refractivity contribution in [1.82, 2.24) is 4.99 Å². The number of aliphatic imine (C=N–C) groups is 1. The van der Waals surface area contributed by atoms with Gasteiger partial charge in [-0.15, -0.1) is 0 Å². The summed E-state index contributed by atoms with van der Waals surface area (Å²) in [5.41, 5.74) is 6.08. The zero-order valence-corrected chi connectivity index (χ0v) is 6.16. The van der Waals surface area contributed by atoms with Crippen LogP contribution in [0.15, 0.2) is 23.9 Å². The molecule has 0 aliphatic carbocycles. The van der Waals surface area contributed by atoms with Crippen molar-refractivity contribution >= 4 is 12.1 Å². The van der Waals surface area contributed by atoms with Gasteiger partial charge in [0.15, 0.2) is 0 Å². The summed E-state index contributed by atoms with van der Waals surface area (Å²) in [5.74, 6) is -0.262. The van der Waals surface area contributed by atoms with Crippen molar-refractivity contribution in [1.29, 1.82) is 0 Å². The molecule has 57 valence electrons. The van der Waals surface area contributed by atoms with Gasteiger partial charge in [0.2, 0.25) is 18.3 Å². The number of rotatable bonds is 3. The monoisotopic (exact) mass is 150 g/mol. The Bertz CT molecular complexity index is 238. The highest BCUT2D eigenvalue weighted by atomic mass is 16.1. The molecule has 1 heterocycles. The van der Waals surface area contributed by atoms with Gasteiger partial charge in [0.1, 0.15) is 0 Å². The number of nitrogens with zero attached hydrogens (tertiary/aromatic N) is 1. The molecular formula is C8H10N2O+. The molecule has 0 aromatic carbocycles. The molecule has 0 spiro atoms. The van der Waals surface area contributed by atoms with Crippen molar-refractivity contribution < 1.29 is 4.79 Å². The molecule has 1 rings (SSSR count). The smallest absolute Gasteiger partial charge is 0.242 e. The Kier molecular flexibility index (Phi) is 2.60. The van der Waals surface area contributed by atoms with Gasteiger partial charge in [0.05, 0.1) is 4.99 Å². The van der Waals surface area contributed by atoms with Gasteiger partial charge in [-0.05, 0) is 12.0 Å². The number of carbonyl (C=O) groups excluding carboxylic acids is 1. The minimum atomic E-state index is -0.262. The third kappa shape index (κ3) is 2.80. The first-order chi connectivity index (χ1) is 5.29. The Labute approximate surface area is 65.3 Å². The van der Waals surface area contributed by atoms with Crippen LogP contribution in [0.1, 0.15) is 12.8 Å². The predicted octanol–water partition coefficient (Wildman–Crippen LogP) is 0.112. The summed E-state index contributed by atoms with van der Waals surface area (Å²) in [6, 6.07) is 0. The molecule has 0 fully saturated rings. The van der Waals surface area contributed by atoms with Crippen molar-refractivity contribution in [3.63, 3.8) is 0 Å². The third-order valence-corrected chi connectivity index (χ3v) is 1.41. The van der Waals surface area contributed by atoms with Crippen molar-refractivity contribution in [3.05, 3.63) is 23.9 Å². The maximum Gasteiger partial charge on any atom is 0.242 e. The van der Waals surface area contributed by atoms with Crippen LogP contribution in [0, 0.1) is 0 Å². The van der Waals surface area contributed by atoms with Crippen molar-refractivity contribution in [2.24, 2.45) is 5.73 Å². The average Bonchev–Trinajstić information content (AvgIpc) is 2.03. The van der Waals surface area contributed by atoms with E-state index in [0.29, 0.717) is 12.8 Å². The number of amides is 1. The van der Waals surface area contributed by atoms with E-state index in [9.17, 15) is 4.79 Å². The second-order valence-electron chi connectivity index (χ2n) is 2.32. The Morgan fingerprint density at radius 1 is 1.64 bits per heavy atom. The zero-order valence-electron chi connectivity index (χ0n) is 6.16. The molecule has 0 atom stereocenters. The molecule has 3 nitrogen and oxygen atoms in total. The van der Waals surface area contributed by atoms with Crippen LogP contribution >= 0.6 is 0 Å². The number of primary amides is 1. The van der Waals surface area contributed by atoms with Gasteiger partial charge in [-0.3, -0.25) is 4.79 Å². The molecule has 1 radical (unpaired) electrons. The summed E-state index contributed by atoms with van der Waals surface area (Å²) in [4.78, 5) is 14.2. The molecule has 1 aliphatic rings. The second kappa shape index (κ2) is 3.71.